The number of nitrogens with zero attached hydrogens (tertiary/aromatic N) is 5. The lowest BCUT2D eigenvalue weighted by Gasteiger charge is -2.07. The van der Waals surface area contributed by atoms with Crippen LogP contribution in [0.5, 0.6) is 0 Å². The molecule has 0 unspecified atom stereocenters. The molecule has 0 radical (unpaired) electrons. The lowest BCUT2D eigenvalue weighted by Crippen LogP contribution is -2.04. The average Bonchev–Trinajstić information content (AvgIpc) is 3.35. The van der Waals surface area contributed by atoms with Crippen molar-refractivity contribution in [2.24, 2.45) is 0 Å². The summed E-state index contributed by atoms with van der Waals surface area (Å²) >= 11 is 5.84. The molecule has 0 fully saturated rings. The number of halogens is 4. The van der Waals surface area contributed by atoms with Gasteiger partial charge in [0.05, 0.1) is 22.5 Å². The van der Waals surface area contributed by atoms with Crippen LogP contribution in [0.1, 0.15) is 11.4 Å². The topological polar surface area (TPSA) is 83.8 Å². The minimum Gasteiger partial charge on any atom is -0.341 e. The first-order valence-corrected chi connectivity index (χ1v) is 9.65. The van der Waals surface area contributed by atoms with Gasteiger partial charge in [-0.3, -0.25) is 0 Å². The highest BCUT2D eigenvalue weighted by molar-refractivity contribution is 6.16. The van der Waals surface area contributed by atoms with Crippen LogP contribution in [-0.4, -0.2) is 29.5 Å². The lowest BCUT2D eigenvalue weighted by molar-refractivity contribution is -0.137. The number of hydrogen-bond donors (Lipinski definition) is 2. The highest BCUT2D eigenvalue weighted by Crippen LogP contribution is 2.30. The number of aromatic nitrogens is 6. The van der Waals surface area contributed by atoms with Crippen LogP contribution >= 0.6 is 11.6 Å². The van der Waals surface area contributed by atoms with Crippen molar-refractivity contribution in [1.82, 2.24) is 29.5 Å². The number of nitrogens with one attached hydrogen (secondary N) is 2. The predicted molar refractivity (Wildman–Crippen MR) is 110 cm³/mol. The maximum Gasteiger partial charge on any atom is 0.416 e. The summed E-state index contributed by atoms with van der Waals surface area (Å²) in [5.41, 5.74) is 2.63. The summed E-state index contributed by atoms with van der Waals surface area (Å²) in [5, 5.41) is 7.34. The van der Waals surface area contributed by atoms with E-state index in [2.05, 4.69) is 30.4 Å². The molecule has 5 rings (SSSR count). The van der Waals surface area contributed by atoms with E-state index in [9.17, 15) is 13.2 Å². The molecule has 2 N–H and O–H groups in total. The Bertz CT molecular complexity index is 1390. The number of hydrogen-bond acceptors (Lipinski definition) is 5. The molecule has 156 valence electrons. The third kappa shape index (κ3) is 3.66. The molecule has 0 aliphatic carbocycles. The maximum atomic E-state index is 12.7. The van der Waals surface area contributed by atoms with Gasteiger partial charge >= 0.3 is 6.18 Å². The molecule has 0 bridgehead atoms. The first-order chi connectivity index (χ1) is 14.9. The molecule has 7 nitrogen and oxygen atoms in total. The van der Waals surface area contributed by atoms with Crippen molar-refractivity contribution in [3.05, 3.63) is 66.1 Å². The van der Waals surface area contributed by atoms with Crippen LogP contribution in [0.15, 0.2) is 54.7 Å². The molecule has 0 amide bonds. The minimum absolute atomic E-state index is 0.237. The first-order valence-electron chi connectivity index (χ1n) is 9.12. The van der Waals surface area contributed by atoms with E-state index < -0.39 is 11.7 Å². The zero-order valence-corrected chi connectivity index (χ0v) is 16.4. The van der Waals surface area contributed by atoms with Crippen molar-refractivity contribution in [3.8, 4) is 11.4 Å². The Morgan fingerprint density at radius 2 is 1.84 bits per heavy atom. The Morgan fingerprint density at radius 1 is 1.03 bits per heavy atom. The van der Waals surface area contributed by atoms with Crippen molar-refractivity contribution in [1.29, 1.82) is 0 Å². The zero-order chi connectivity index (χ0) is 21.6. The van der Waals surface area contributed by atoms with Gasteiger partial charge in [-0.2, -0.15) is 22.7 Å². The standard InChI is InChI=1S/C20H13ClF3N7/c21-10-16-27-14-6-1-11(9-15(14)28-16)18-25-8-7-17-29-19(30-31(17)18)26-13-4-2-12(3-5-13)20(22,23)24/h1-9H,10H2,(H,26,30)(H,27,28). The van der Waals surface area contributed by atoms with Gasteiger partial charge in [-0.25, -0.2) is 9.97 Å². The van der Waals surface area contributed by atoms with Crippen LogP contribution in [0.2, 0.25) is 0 Å². The van der Waals surface area contributed by atoms with Gasteiger partial charge in [-0.1, -0.05) is 0 Å². The molecule has 0 spiro atoms. The molecule has 3 aromatic heterocycles. The quantitative estimate of drug-likeness (QED) is 0.374. The summed E-state index contributed by atoms with van der Waals surface area (Å²) in [5.74, 6) is 1.74. The van der Waals surface area contributed by atoms with Gasteiger partial charge in [0, 0.05) is 23.5 Å². The van der Waals surface area contributed by atoms with E-state index in [0.29, 0.717) is 23.0 Å². The molecule has 0 aliphatic heterocycles. The second-order valence-corrected chi connectivity index (χ2v) is 6.99. The molecule has 31 heavy (non-hydrogen) atoms. The fourth-order valence-corrected chi connectivity index (χ4v) is 3.33. The van der Waals surface area contributed by atoms with Gasteiger partial charge in [-0.05, 0) is 42.5 Å². The smallest absolute Gasteiger partial charge is 0.341 e. The molecule has 11 heteroatoms. The minimum atomic E-state index is -4.39. The van der Waals surface area contributed by atoms with Crippen molar-refractivity contribution in [2.75, 3.05) is 5.32 Å². The fraction of sp³-hybridized carbons (Fsp3) is 0.100. The normalized spacial score (nSPS) is 12.0. The second kappa shape index (κ2) is 7.24. The third-order valence-electron chi connectivity index (χ3n) is 4.64. The monoisotopic (exact) mass is 443 g/mol. The van der Waals surface area contributed by atoms with Gasteiger partial charge in [0.2, 0.25) is 5.95 Å². The van der Waals surface area contributed by atoms with Crippen LogP contribution in [0.4, 0.5) is 24.8 Å². The highest BCUT2D eigenvalue weighted by Gasteiger charge is 2.30. The van der Waals surface area contributed by atoms with E-state index in [1.807, 2.05) is 18.2 Å². The summed E-state index contributed by atoms with van der Waals surface area (Å²) < 4.78 is 39.8. The number of H-pyrrole nitrogens is 1. The molecule has 0 aliphatic rings. The number of alkyl halides is 4. The van der Waals surface area contributed by atoms with Gasteiger partial charge < -0.3 is 10.3 Å². The molecule has 0 saturated heterocycles. The predicted octanol–water partition coefficient (Wildman–Crippen LogP) is 5.17. The van der Waals surface area contributed by atoms with Gasteiger partial charge in [0.15, 0.2) is 11.5 Å². The van der Waals surface area contributed by atoms with Crippen molar-refractivity contribution in [3.63, 3.8) is 0 Å². The summed E-state index contributed by atoms with van der Waals surface area (Å²) in [6.07, 6.45) is -2.77. The zero-order valence-electron chi connectivity index (χ0n) is 15.7. The van der Waals surface area contributed by atoms with E-state index in [1.165, 1.54) is 12.1 Å². The van der Waals surface area contributed by atoms with Gasteiger partial charge in [0.1, 0.15) is 5.82 Å². The number of rotatable bonds is 4. The summed E-state index contributed by atoms with van der Waals surface area (Å²) in [6.45, 7) is 0. The van der Waals surface area contributed by atoms with E-state index in [0.717, 1.165) is 28.7 Å². The highest BCUT2D eigenvalue weighted by atomic mass is 35.5. The number of anilines is 2. The average molecular weight is 444 g/mol. The van der Waals surface area contributed by atoms with E-state index in [-0.39, 0.29) is 11.8 Å². The van der Waals surface area contributed by atoms with Gasteiger partial charge in [-0.15, -0.1) is 16.7 Å². The molecular weight excluding hydrogens is 431 g/mol. The summed E-state index contributed by atoms with van der Waals surface area (Å²) in [6, 6.07) is 12.0. The van der Waals surface area contributed by atoms with Crippen LogP contribution < -0.4 is 5.32 Å². The van der Waals surface area contributed by atoms with E-state index >= 15 is 0 Å². The SMILES string of the molecule is FC(F)(F)c1ccc(Nc2nc3ccnc(-c4ccc5nc(CCl)[nH]c5c4)n3n2)cc1. The first kappa shape index (κ1) is 19.3. The molecule has 2 aromatic carbocycles. The summed E-state index contributed by atoms with van der Waals surface area (Å²) in [7, 11) is 0. The van der Waals surface area contributed by atoms with Crippen molar-refractivity contribution in [2.45, 2.75) is 12.1 Å². The lowest BCUT2D eigenvalue weighted by atomic mass is 10.2. The van der Waals surface area contributed by atoms with Crippen LogP contribution in [0.3, 0.4) is 0 Å². The Hall–Kier alpha value is -3.66. The van der Waals surface area contributed by atoms with Crippen LogP contribution in [0, 0.1) is 0 Å². The van der Waals surface area contributed by atoms with Crippen molar-refractivity contribution >= 4 is 39.9 Å². The van der Waals surface area contributed by atoms with Crippen LogP contribution in [-0.2, 0) is 12.1 Å². The van der Waals surface area contributed by atoms with Crippen LogP contribution in [0.25, 0.3) is 28.1 Å². The van der Waals surface area contributed by atoms with Gasteiger partial charge in [0.25, 0.3) is 0 Å². The number of imidazole rings is 1. The molecule has 3 heterocycles. The van der Waals surface area contributed by atoms with E-state index in [1.54, 1.807) is 16.8 Å². The van der Waals surface area contributed by atoms with E-state index in [4.69, 9.17) is 11.6 Å². The van der Waals surface area contributed by atoms with Crippen molar-refractivity contribution < 1.29 is 13.2 Å². The number of benzene rings is 2. The fourth-order valence-electron chi connectivity index (χ4n) is 3.20. The maximum absolute atomic E-state index is 12.7. The largest absolute Gasteiger partial charge is 0.416 e. The Balaban J connectivity index is 1.49. The number of fused-ring (bicyclic) bond motifs is 2. The second-order valence-electron chi connectivity index (χ2n) is 6.72. The summed E-state index contributed by atoms with van der Waals surface area (Å²) in [4.78, 5) is 16.3. The molecule has 5 aromatic rings. The Morgan fingerprint density at radius 3 is 2.58 bits per heavy atom. The number of aromatic amines is 1. The third-order valence-corrected chi connectivity index (χ3v) is 4.89. The Labute approximate surface area is 177 Å². The Kier molecular flexibility index (Phi) is 4.51. The molecular formula is C20H13ClF3N7. The molecule has 0 saturated carbocycles. The molecule has 0 atom stereocenters.